The monoisotopic (exact) mass is 351 g/mol. The van der Waals surface area contributed by atoms with Crippen LogP contribution >= 0.6 is 0 Å². The number of likely N-dealkylation sites (N-methyl/N-ethyl adjacent to an activating group) is 1. The SMILES string of the molecule is CN1CCN(c2ccc(CCNC(=O)CCc3ccccc3)cc2)CC1. The fraction of sp³-hybridized carbons (Fsp3) is 0.409. The molecule has 0 radical (unpaired) electrons. The van der Waals surface area contributed by atoms with E-state index in [-0.39, 0.29) is 5.91 Å². The molecule has 1 heterocycles. The van der Waals surface area contributed by atoms with Crippen LogP contribution in [0.2, 0.25) is 0 Å². The van der Waals surface area contributed by atoms with Gasteiger partial charge in [0.05, 0.1) is 0 Å². The maximum Gasteiger partial charge on any atom is 0.220 e. The number of piperazine rings is 1. The number of benzene rings is 2. The van der Waals surface area contributed by atoms with Crippen molar-refractivity contribution in [3.63, 3.8) is 0 Å². The molecule has 0 spiro atoms. The van der Waals surface area contributed by atoms with E-state index in [2.05, 4.69) is 58.6 Å². The Balaban J connectivity index is 1.37. The third-order valence-electron chi connectivity index (χ3n) is 5.02. The lowest BCUT2D eigenvalue weighted by molar-refractivity contribution is -0.121. The van der Waals surface area contributed by atoms with E-state index in [1.165, 1.54) is 16.8 Å². The van der Waals surface area contributed by atoms with Gasteiger partial charge in [-0.2, -0.15) is 0 Å². The van der Waals surface area contributed by atoms with Gasteiger partial charge in [0.15, 0.2) is 0 Å². The average Bonchev–Trinajstić information content (AvgIpc) is 2.68. The summed E-state index contributed by atoms with van der Waals surface area (Å²) in [5, 5.41) is 3.03. The van der Waals surface area contributed by atoms with Crippen molar-refractivity contribution in [3.8, 4) is 0 Å². The number of anilines is 1. The van der Waals surface area contributed by atoms with Gasteiger partial charge in [0, 0.05) is 44.8 Å². The van der Waals surface area contributed by atoms with Crippen LogP contribution in [0.3, 0.4) is 0 Å². The zero-order valence-electron chi connectivity index (χ0n) is 15.7. The molecule has 1 amide bonds. The van der Waals surface area contributed by atoms with Gasteiger partial charge in [-0.15, -0.1) is 0 Å². The second-order valence-corrected chi connectivity index (χ2v) is 7.04. The van der Waals surface area contributed by atoms with Gasteiger partial charge in [0.25, 0.3) is 0 Å². The highest BCUT2D eigenvalue weighted by Crippen LogP contribution is 2.17. The molecule has 1 fully saturated rings. The number of rotatable bonds is 7. The molecule has 0 bridgehead atoms. The smallest absolute Gasteiger partial charge is 0.220 e. The Bertz CT molecular complexity index is 676. The molecule has 1 saturated heterocycles. The van der Waals surface area contributed by atoms with Crippen molar-refractivity contribution in [2.24, 2.45) is 0 Å². The van der Waals surface area contributed by atoms with E-state index < -0.39 is 0 Å². The number of hydrogen-bond donors (Lipinski definition) is 1. The van der Waals surface area contributed by atoms with Gasteiger partial charge in [-0.25, -0.2) is 0 Å². The van der Waals surface area contributed by atoms with Gasteiger partial charge in [-0.3, -0.25) is 4.79 Å². The van der Waals surface area contributed by atoms with Crippen molar-refractivity contribution < 1.29 is 4.79 Å². The maximum absolute atomic E-state index is 12.0. The predicted octanol–water partition coefficient (Wildman–Crippen LogP) is 2.73. The van der Waals surface area contributed by atoms with Crippen LogP contribution in [0.1, 0.15) is 17.5 Å². The van der Waals surface area contributed by atoms with Crippen molar-refractivity contribution in [3.05, 3.63) is 65.7 Å². The Kier molecular flexibility index (Phi) is 6.67. The van der Waals surface area contributed by atoms with Gasteiger partial charge < -0.3 is 15.1 Å². The predicted molar refractivity (Wildman–Crippen MR) is 108 cm³/mol. The molecular formula is C22H29N3O. The first-order valence-electron chi connectivity index (χ1n) is 9.54. The van der Waals surface area contributed by atoms with E-state index in [4.69, 9.17) is 0 Å². The summed E-state index contributed by atoms with van der Waals surface area (Å²) in [5.74, 6) is 0.128. The summed E-state index contributed by atoms with van der Waals surface area (Å²) in [4.78, 5) is 16.8. The van der Waals surface area contributed by atoms with Crippen molar-refractivity contribution in [2.45, 2.75) is 19.3 Å². The molecule has 3 rings (SSSR count). The quantitative estimate of drug-likeness (QED) is 0.833. The molecule has 26 heavy (non-hydrogen) atoms. The first kappa shape index (κ1) is 18.5. The molecular weight excluding hydrogens is 322 g/mol. The van der Waals surface area contributed by atoms with Gasteiger partial charge in [0.1, 0.15) is 0 Å². The lowest BCUT2D eigenvalue weighted by atomic mass is 10.1. The standard InChI is InChI=1S/C22H29N3O/c1-24-15-17-25(18-16-24)21-10-7-20(8-11-21)13-14-23-22(26)12-9-19-5-3-2-4-6-19/h2-8,10-11H,9,12-18H2,1H3,(H,23,26). The molecule has 4 nitrogen and oxygen atoms in total. The lowest BCUT2D eigenvalue weighted by Crippen LogP contribution is -2.44. The van der Waals surface area contributed by atoms with Crippen LogP contribution in [0.5, 0.6) is 0 Å². The van der Waals surface area contributed by atoms with Crippen molar-refractivity contribution in [1.29, 1.82) is 0 Å². The molecule has 2 aromatic carbocycles. The normalized spacial score (nSPS) is 15.0. The van der Waals surface area contributed by atoms with Gasteiger partial charge in [0.2, 0.25) is 5.91 Å². The molecule has 1 N–H and O–H groups in total. The zero-order chi connectivity index (χ0) is 18.2. The molecule has 138 valence electrons. The number of hydrogen-bond acceptors (Lipinski definition) is 3. The summed E-state index contributed by atoms with van der Waals surface area (Å²) in [7, 11) is 2.18. The van der Waals surface area contributed by atoms with Crippen molar-refractivity contribution in [2.75, 3.05) is 44.7 Å². The van der Waals surface area contributed by atoms with Crippen LogP contribution in [-0.4, -0.2) is 50.6 Å². The molecule has 2 aromatic rings. The van der Waals surface area contributed by atoms with Crippen molar-refractivity contribution in [1.82, 2.24) is 10.2 Å². The Labute approximate surface area is 156 Å². The highest BCUT2D eigenvalue weighted by Gasteiger charge is 2.13. The Morgan fingerprint density at radius 1 is 0.885 bits per heavy atom. The Morgan fingerprint density at radius 3 is 2.23 bits per heavy atom. The van der Waals surface area contributed by atoms with Crippen LogP contribution in [0.25, 0.3) is 0 Å². The van der Waals surface area contributed by atoms with E-state index in [1.807, 2.05) is 18.2 Å². The fourth-order valence-electron chi connectivity index (χ4n) is 3.28. The molecule has 0 aromatic heterocycles. The van der Waals surface area contributed by atoms with E-state index >= 15 is 0 Å². The van der Waals surface area contributed by atoms with Crippen LogP contribution in [-0.2, 0) is 17.6 Å². The average molecular weight is 351 g/mol. The zero-order valence-corrected chi connectivity index (χ0v) is 15.7. The van der Waals surface area contributed by atoms with Crippen LogP contribution in [0.15, 0.2) is 54.6 Å². The second-order valence-electron chi connectivity index (χ2n) is 7.04. The van der Waals surface area contributed by atoms with E-state index in [0.29, 0.717) is 13.0 Å². The third kappa shape index (κ3) is 5.60. The molecule has 1 aliphatic heterocycles. The summed E-state index contributed by atoms with van der Waals surface area (Å²) in [6.45, 7) is 5.12. The summed E-state index contributed by atoms with van der Waals surface area (Å²) >= 11 is 0. The number of carbonyl (C=O) groups is 1. The van der Waals surface area contributed by atoms with Crippen LogP contribution in [0.4, 0.5) is 5.69 Å². The highest BCUT2D eigenvalue weighted by atomic mass is 16.1. The maximum atomic E-state index is 12.0. The van der Waals surface area contributed by atoms with Crippen LogP contribution in [0, 0.1) is 0 Å². The number of carbonyl (C=O) groups excluding carboxylic acids is 1. The van der Waals surface area contributed by atoms with E-state index in [1.54, 1.807) is 0 Å². The number of amides is 1. The molecule has 0 atom stereocenters. The Hall–Kier alpha value is -2.33. The van der Waals surface area contributed by atoms with E-state index in [9.17, 15) is 4.79 Å². The molecule has 0 aliphatic carbocycles. The summed E-state index contributed by atoms with van der Waals surface area (Å²) in [6.07, 6.45) is 2.22. The minimum atomic E-state index is 0.128. The molecule has 1 aliphatic rings. The van der Waals surface area contributed by atoms with Gasteiger partial charge >= 0.3 is 0 Å². The van der Waals surface area contributed by atoms with Gasteiger partial charge in [-0.1, -0.05) is 42.5 Å². The second kappa shape index (κ2) is 9.39. The fourth-order valence-corrected chi connectivity index (χ4v) is 3.28. The third-order valence-corrected chi connectivity index (χ3v) is 5.02. The molecule has 0 unspecified atom stereocenters. The largest absolute Gasteiger partial charge is 0.369 e. The Morgan fingerprint density at radius 2 is 1.54 bits per heavy atom. The van der Waals surface area contributed by atoms with Crippen LogP contribution < -0.4 is 10.2 Å². The van der Waals surface area contributed by atoms with E-state index in [0.717, 1.165) is 39.0 Å². The first-order chi connectivity index (χ1) is 12.7. The number of nitrogens with zero attached hydrogens (tertiary/aromatic N) is 2. The number of aryl methyl sites for hydroxylation is 1. The summed E-state index contributed by atoms with van der Waals surface area (Å²) in [6, 6.07) is 18.9. The topological polar surface area (TPSA) is 35.6 Å². The van der Waals surface area contributed by atoms with Gasteiger partial charge in [-0.05, 0) is 43.1 Å². The summed E-state index contributed by atoms with van der Waals surface area (Å²) < 4.78 is 0. The number of nitrogens with one attached hydrogen (secondary N) is 1. The molecule has 0 saturated carbocycles. The lowest BCUT2D eigenvalue weighted by Gasteiger charge is -2.34. The highest BCUT2D eigenvalue weighted by molar-refractivity contribution is 5.76. The minimum Gasteiger partial charge on any atom is -0.369 e. The minimum absolute atomic E-state index is 0.128. The first-order valence-corrected chi connectivity index (χ1v) is 9.54. The van der Waals surface area contributed by atoms with Crippen molar-refractivity contribution >= 4 is 11.6 Å². The molecule has 4 heteroatoms. The summed E-state index contributed by atoms with van der Waals surface area (Å²) in [5.41, 5.74) is 3.78.